The minimum absolute atomic E-state index is 0.0242. The SMILES string of the molecule is CC(=O)N1CCN(c2ccc(C(=O)N(C)Cc3ccc(Br)cc3Oc3cc(Cl)cc(Cl)c3)cc2[N+](=O)[O-])CC1. The van der Waals surface area contributed by atoms with Crippen LogP contribution in [0.2, 0.25) is 10.0 Å². The fraction of sp³-hybridized carbons (Fsp3) is 0.259. The van der Waals surface area contributed by atoms with E-state index in [0.29, 0.717) is 59.0 Å². The van der Waals surface area contributed by atoms with E-state index in [-0.39, 0.29) is 29.6 Å². The largest absolute Gasteiger partial charge is 0.457 e. The van der Waals surface area contributed by atoms with Gasteiger partial charge in [-0.05, 0) is 42.5 Å². The standard InChI is InChI=1S/C27H25BrCl2N4O5/c1-17(35)32-7-9-33(10-8-32)24-6-4-18(11-25(24)34(37)38)27(36)31(2)16-19-3-5-20(28)12-26(19)39-23-14-21(29)13-22(30)15-23/h3-6,11-15H,7-10,16H2,1-2H3. The summed E-state index contributed by atoms with van der Waals surface area (Å²) in [5.41, 5.74) is 1.17. The van der Waals surface area contributed by atoms with Crippen molar-refractivity contribution in [2.45, 2.75) is 13.5 Å². The Labute approximate surface area is 244 Å². The molecule has 1 fully saturated rings. The molecule has 39 heavy (non-hydrogen) atoms. The van der Waals surface area contributed by atoms with E-state index in [2.05, 4.69) is 15.9 Å². The van der Waals surface area contributed by atoms with Gasteiger partial charge < -0.3 is 19.4 Å². The van der Waals surface area contributed by atoms with E-state index in [0.717, 1.165) is 4.47 Å². The van der Waals surface area contributed by atoms with Crippen molar-refractivity contribution < 1.29 is 19.2 Å². The molecule has 0 aliphatic carbocycles. The second-order valence-corrected chi connectivity index (χ2v) is 10.9. The summed E-state index contributed by atoms with van der Waals surface area (Å²) >= 11 is 15.6. The molecule has 0 unspecified atom stereocenters. The highest BCUT2D eigenvalue weighted by Gasteiger charge is 2.26. The lowest BCUT2D eigenvalue weighted by atomic mass is 10.1. The predicted octanol–water partition coefficient (Wildman–Crippen LogP) is 6.40. The number of hydrogen-bond donors (Lipinski definition) is 0. The third-order valence-electron chi connectivity index (χ3n) is 6.33. The van der Waals surface area contributed by atoms with Crippen LogP contribution in [0.25, 0.3) is 0 Å². The zero-order chi connectivity index (χ0) is 28.3. The van der Waals surface area contributed by atoms with Crippen LogP contribution in [0.1, 0.15) is 22.8 Å². The Morgan fingerprint density at radius 3 is 2.31 bits per heavy atom. The lowest BCUT2D eigenvalue weighted by Gasteiger charge is -2.35. The van der Waals surface area contributed by atoms with Gasteiger partial charge in [0.05, 0.1) is 4.92 Å². The number of rotatable bonds is 7. The van der Waals surface area contributed by atoms with Crippen LogP contribution < -0.4 is 9.64 Å². The van der Waals surface area contributed by atoms with E-state index in [1.807, 2.05) is 17.0 Å². The van der Waals surface area contributed by atoms with E-state index < -0.39 is 4.92 Å². The van der Waals surface area contributed by atoms with Crippen LogP contribution in [0.15, 0.2) is 59.1 Å². The number of hydrogen-bond acceptors (Lipinski definition) is 6. The Balaban J connectivity index is 1.53. The highest BCUT2D eigenvalue weighted by Crippen LogP contribution is 2.34. The summed E-state index contributed by atoms with van der Waals surface area (Å²) in [6, 6.07) is 14.8. The van der Waals surface area contributed by atoms with Gasteiger partial charge in [0.1, 0.15) is 17.2 Å². The summed E-state index contributed by atoms with van der Waals surface area (Å²) in [4.78, 5) is 41.4. The van der Waals surface area contributed by atoms with Gasteiger partial charge in [-0.1, -0.05) is 45.2 Å². The second-order valence-electron chi connectivity index (χ2n) is 9.07. The van der Waals surface area contributed by atoms with Gasteiger partial charge in [0, 0.05) is 78.4 Å². The summed E-state index contributed by atoms with van der Waals surface area (Å²) in [5, 5.41) is 12.8. The van der Waals surface area contributed by atoms with Gasteiger partial charge in [0.2, 0.25) is 5.91 Å². The summed E-state index contributed by atoms with van der Waals surface area (Å²) < 4.78 is 6.81. The van der Waals surface area contributed by atoms with Crippen molar-refractivity contribution in [1.82, 2.24) is 9.80 Å². The highest BCUT2D eigenvalue weighted by atomic mass is 79.9. The molecule has 0 aromatic heterocycles. The predicted molar refractivity (Wildman–Crippen MR) is 154 cm³/mol. The maximum atomic E-state index is 13.3. The molecule has 1 heterocycles. The first-order chi connectivity index (χ1) is 18.5. The van der Waals surface area contributed by atoms with Crippen LogP contribution in [-0.4, -0.2) is 59.8 Å². The van der Waals surface area contributed by atoms with E-state index in [1.165, 1.54) is 17.9 Å². The first-order valence-corrected chi connectivity index (χ1v) is 13.5. The van der Waals surface area contributed by atoms with Crippen molar-refractivity contribution >= 4 is 62.3 Å². The number of piperazine rings is 1. The minimum atomic E-state index is -0.486. The third-order valence-corrected chi connectivity index (χ3v) is 7.26. The molecule has 0 radical (unpaired) electrons. The van der Waals surface area contributed by atoms with Gasteiger partial charge in [-0.25, -0.2) is 0 Å². The Morgan fingerprint density at radius 2 is 1.69 bits per heavy atom. The fourth-order valence-electron chi connectivity index (χ4n) is 4.35. The molecule has 0 saturated carbocycles. The summed E-state index contributed by atoms with van der Waals surface area (Å²) in [6.07, 6.45) is 0. The summed E-state index contributed by atoms with van der Waals surface area (Å²) in [5.74, 6) is 0.527. The summed E-state index contributed by atoms with van der Waals surface area (Å²) in [7, 11) is 1.62. The molecule has 9 nitrogen and oxygen atoms in total. The Morgan fingerprint density at radius 1 is 1.03 bits per heavy atom. The van der Waals surface area contributed by atoms with Crippen LogP contribution in [0, 0.1) is 10.1 Å². The first-order valence-electron chi connectivity index (χ1n) is 12.0. The molecule has 0 N–H and O–H groups in total. The molecule has 0 spiro atoms. The molecule has 2 amide bonds. The molecule has 3 aromatic rings. The number of amides is 2. The van der Waals surface area contributed by atoms with Gasteiger partial charge in [-0.2, -0.15) is 0 Å². The van der Waals surface area contributed by atoms with Crippen LogP contribution in [0.3, 0.4) is 0 Å². The topological polar surface area (TPSA) is 96.2 Å². The van der Waals surface area contributed by atoms with Gasteiger partial charge in [-0.3, -0.25) is 19.7 Å². The highest BCUT2D eigenvalue weighted by molar-refractivity contribution is 9.10. The lowest BCUT2D eigenvalue weighted by Crippen LogP contribution is -2.48. The van der Waals surface area contributed by atoms with Crippen molar-refractivity contribution in [1.29, 1.82) is 0 Å². The molecule has 1 aliphatic rings. The zero-order valence-corrected chi connectivity index (χ0v) is 24.3. The Bertz CT molecular complexity index is 1410. The molecule has 1 aliphatic heterocycles. The maximum Gasteiger partial charge on any atom is 0.293 e. The number of nitro benzene ring substituents is 1. The molecule has 1 saturated heterocycles. The third kappa shape index (κ3) is 7.00. The Kier molecular flexibility index (Phi) is 8.99. The number of ether oxygens (including phenoxy) is 1. The molecule has 204 valence electrons. The number of carbonyl (C=O) groups excluding carboxylic acids is 2. The van der Waals surface area contributed by atoms with Crippen molar-refractivity contribution in [3.05, 3.63) is 90.4 Å². The number of carbonyl (C=O) groups is 2. The van der Waals surface area contributed by atoms with Crippen LogP contribution in [0.4, 0.5) is 11.4 Å². The number of nitro groups is 1. The van der Waals surface area contributed by atoms with E-state index in [9.17, 15) is 19.7 Å². The normalized spacial score (nSPS) is 13.3. The molecule has 12 heteroatoms. The van der Waals surface area contributed by atoms with Crippen molar-refractivity contribution in [2.75, 3.05) is 38.1 Å². The van der Waals surface area contributed by atoms with Gasteiger partial charge >= 0.3 is 0 Å². The number of nitrogens with zero attached hydrogens (tertiary/aromatic N) is 4. The molecule has 4 rings (SSSR count). The zero-order valence-electron chi connectivity index (χ0n) is 21.2. The fourth-order valence-corrected chi connectivity index (χ4v) is 5.19. The molecule has 0 bridgehead atoms. The first kappa shape index (κ1) is 28.7. The van der Waals surface area contributed by atoms with Crippen molar-refractivity contribution in [2.24, 2.45) is 0 Å². The summed E-state index contributed by atoms with van der Waals surface area (Å²) in [6.45, 7) is 3.59. The van der Waals surface area contributed by atoms with Crippen molar-refractivity contribution in [3.8, 4) is 11.5 Å². The minimum Gasteiger partial charge on any atom is -0.457 e. The van der Waals surface area contributed by atoms with Crippen molar-refractivity contribution in [3.63, 3.8) is 0 Å². The smallest absolute Gasteiger partial charge is 0.293 e. The molecular weight excluding hydrogens is 611 g/mol. The van der Waals surface area contributed by atoms with E-state index in [4.69, 9.17) is 27.9 Å². The van der Waals surface area contributed by atoms with Gasteiger partial charge in [0.15, 0.2) is 0 Å². The van der Waals surface area contributed by atoms with E-state index >= 15 is 0 Å². The van der Waals surface area contributed by atoms with Gasteiger partial charge in [-0.15, -0.1) is 0 Å². The molecule has 0 atom stereocenters. The average molecular weight is 636 g/mol. The monoisotopic (exact) mass is 634 g/mol. The number of halogens is 3. The second kappa shape index (κ2) is 12.2. The van der Waals surface area contributed by atoms with Crippen LogP contribution in [0.5, 0.6) is 11.5 Å². The quantitative estimate of drug-likeness (QED) is 0.220. The number of benzene rings is 3. The van der Waals surface area contributed by atoms with Crippen LogP contribution in [-0.2, 0) is 11.3 Å². The van der Waals surface area contributed by atoms with Crippen LogP contribution >= 0.6 is 39.1 Å². The maximum absolute atomic E-state index is 13.3. The van der Waals surface area contributed by atoms with E-state index in [1.54, 1.807) is 48.3 Å². The lowest BCUT2D eigenvalue weighted by molar-refractivity contribution is -0.384. The number of anilines is 1. The average Bonchev–Trinajstić information content (AvgIpc) is 2.88. The molecule has 3 aromatic carbocycles. The van der Waals surface area contributed by atoms with Gasteiger partial charge in [0.25, 0.3) is 11.6 Å². The Hall–Kier alpha value is -3.34. The molecular formula is C27H25BrCl2N4O5.